The number of aromatic nitrogens is 2. The lowest BCUT2D eigenvalue weighted by molar-refractivity contribution is 0.0697. The van der Waals surface area contributed by atoms with Crippen LogP contribution < -0.4 is 0 Å². The van der Waals surface area contributed by atoms with Crippen molar-refractivity contribution in [1.82, 2.24) is 9.55 Å². The molecule has 2 aromatic carbocycles. The van der Waals surface area contributed by atoms with Crippen LogP contribution in [0.4, 0.5) is 0 Å². The van der Waals surface area contributed by atoms with Crippen molar-refractivity contribution in [3.05, 3.63) is 65.5 Å². The Bertz CT molecular complexity index is 830. The second-order valence-corrected chi connectivity index (χ2v) is 4.78. The summed E-state index contributed by atoms with van der Waals surface area (Å²) in [5, 5.41) is 8.87. The van der Waals surface area contributed by atoms with E-state index in [4.69, 9.17) is 5.11 Å². The van der Waals surface area contributed by atoms with Gasteiger partial charge in [0.2, 0.25) is 0 Å². The van der Waals surface area contributed by atoms with Crippen LogP contribution in [0.1, 0.15) is 21.7 Å². The summed E-state index contributed by atoms with van der Waals surface area (Å²) in [6.45, 7) is 0. The smallest absolute Gasteiger partial charge is 0.335 e. The molecule has 104 valence electrons. The van der Waals surface area contributed by atoms with Crippen LogP contribution in [0.15, 0.2) is 48.5 Å². The van der Waals surface area contributed by atoms with E-state index in [1.807, 2.05) is 48.0 Å². The molecule has 0 radical (unpaired) electrons. The number of rotatable bonds is 3. The molecule has 0 aliphatic carbocycles. The molecule has 0 bridgehead atoms. The summed E-state index contributed by atoms with van der Waals surface area (Å²) in [4.78, 5) is 15.4. The van der Waals surface area contributed by atoms with Crippen LogP contribution in [0.5, 0.6) is 0 Å². The molecule has 0 amide bonds. The summed E-state index contributed by atoms with van der Waals surface area (Å²) < 4.78 is 2.03. The minimum atomic E-state index is -0.916. The first kappa shape index (κ1) is 13.1. The average molecular weight is 278 g/mol. The van der Waals surface area contributed by atoms with Crippen LogP contribution in [0.3, 0.4) is 0 Å². The lowest BCUT2D eigenvalue weighted by Crippen LogP contribution is -1.94. The van der Waals surface area contributed by atoms with Crippen molar-refractivity contribution in [2.24, 2.45) is 7.05 Å². The summed E-state index contributed by atoms with van der Waals surface area (Å²) in [7, 11) is 1.97. The molecule has 4 heteroatoms. The highest BCUT2D eigenvalue weighted by atomic mass is 16.4. The second kappa shape index (κ2) is 5.25. The molecule has 3 rings (SSSR count). The molecule has 0 aliphatic heterocycles. The summed E-state index contributed by atoms with van der Waals surface area (Å²) in [5.41, 5.74) is 3.26. The van der Waals surface area contributed by atoms with Gasteiger partial charge >= 0.3 is 5.97 Å². The molecular formula is C17H14N2O2. The van der Waals surface area contributed by atoms with E-state index in [-0.39, 0.29) is 5.56 Å². The summed E-state index contributed by atoms with van der Waals surface area (Å²) >= 11 is 0. The minimum Gasteiger partial charge on any atom is -0.478 e. The molecule has 1 heterocycles. The fourth-order valence-electron chi connectivity index (χ4n) is 2.22. The number of aromatic carboxylic acids is 1. The van der Waals surface area contributed by atoms with Crippen LogP contribution in [-0.2, 0) is 7.05 Å². The molecule has 1 N–H and O–H groups in total. The van der Waals surface area contributed by atoms with E-state index in [0.29, 0.717) is 0 Å². The van der Waals surface area contributed by atoms with Crippen molar-refractivity contribution in [2.45, 2.75) is 0 Å². The van der Waals surface area contributed by atoms with E-state index in [9.17, 15) is 4.79 Å². The minimum absolute atomic E-state index is 0.287. The maximum absolute atomic E-state index is 10.8. The number of hydrogen-bond donors (Lipinski definition) is 1. The number of benzene rings is 2. The Morgan fingerprint density at radius 3 is 2.48 bits per heavy atom. The quantitative estimate of drug-likeness (QED) is 0.798. The molecule has 21 heavy (non-hydrogen) atoms. The van der Waals surface area contributed by atoms with Gasteiger partial charge < -0.3 is 9.67 Å². The monoisotopic (exact) mass is 278 g/mol. The molecule has 0 aliphatic rings. The molecule has 0 spiro atoms. The lowest BCUT2D eigenvalue weighted by Gasteiger charge is -1.98. The zero-order valence-corrected chi connectivity index (χ0v) is 11.5. The van der Waals surface area contributed by atoms with E-state index in [0.717, 1.165) is 22.4 Å². The Hall–Kier alpha value is -2.88. The van der Waals surface area contributed by atoms with Crippen molar-refractivity contribution < 1.29 is 9.90 Å². The van der Waals surface area contributed by atoms with Crippen molar-refractivity contribution in [2.75, 3.05) is 0 Å². The number of carbonyl (C=O) groups is 1. The van der Waals surface area contributed by atoms with Gasteiger partial charge in [-0.05, 0) is 35.9 Å². The Labute approximate surface area is 122 Å². The molecule has 0 saturated carbocycles. The number of imidazole rings is 1. The van der Waals surface area contributed by atoms with Gasteiger partial charge in [-0.1, -0.05) is 30.3 Å². The van der Waals surface area contributed by atoms with Gasteiger partial charge in [0.15, 0.2) is 0 Å². The molecule has 0 fully saturated rings. The van der Waals surface area contributed by atoms with E-state index in [1.54, 1.807) is 24.3 Å². The topological polar surface area (TPSA) is 55.1 Å². The molecule has 3 aromatic rings. The summed E-state index contributed by atoms with van der Waals surface area (Å²) in [6.07, 6.45) is 3.85. The van der Waals surface area contributed by atoms with Crippen molar-refractivity contribution in [1.29, 1.82) is 0 Å². The van der Waals surface area contributed by atoms with Crippen LogP contribution in [0, 0.1) is 0 Å². The molecule has 0 atom stereocenters. The Morgan fingerprint density at radius 1 is 1.10 bits per heavy atom. The third-order valence-corrected chi connectivity index (χ3v) is 3.40. The van der Waals surface area contributed by atoms with Crippen LogP contribution in [0.2, 0.25) is 0 Å². The predicted octanol–water partition coefficient (Wildman–Crippen LogP) is 3.44. The van der Waals surface area contributed by atoms with E-state index in [1.165, 1.54) is 0 Å². The fourth-order valence-corrected chi connectivity index (χ4v) is 2.22. The highest BCUT2D eigenvalue weighted by molar-refractivity contribution is 5.88. The standard InChI is InChI=1S/C17H14N2O2/c1-19-15-5-3-2-4-14(15)18-16(19)11-8-12-6-9-13(10-7-12)17(20)21/h2-11H,1H3,(H,20,21). The number of fused-ring (bicyclic) bond motifs is 1. The first-order valence-electron chi connectivity index (χ1n) is 6.58. The SMILES string of the molecule is Cn1c(C=Cc2ccc(C(=O)O)cc2)nc2ccccc21. The highest BCUT2D eigenvalue weighted by Crippen LogP contribution is 2.16. The first-order valence-corrected chi connectivity index (χ1v) is 6.58. The van der Waals surface area contributed by atoms with Crippen molar-refractivity contribution in [3.8, 4) is 0 Å². The van der Waals surface area contributed by atoms with Crippen LogP contribution in [-0.4, -0.2) is 20.6 Å². The molecule has 0 unspecified atom stereocenters. The predicted molar refractivity (Wildman–Crippen MR) is 83.0 cm³/mol. The number of para-hydroxylation sites is 2. The summed E-state index contributed by atoms with van der Waals surface area (Å²) in [5.74, 6) is -0.0561. The van der Waals surface area contributed by atoms with Gasteiger partial charge in [0.25, 0.3) is 0 Å². The third kappa shape index (κ3) is 2.56. The highest BCUT2D eigenvalue weighted by Gasteiger charge is 2.04. The molecule has 1 aromatic heterocycles. The second-order valence-electron chi connectivity index (χ2n) is 4.78. The van der Waals surface area contributed by atoms with E-state index in [2.05, 4.69) is 4.98 Å². The van der Waals surface area contributed by atoms with E-state index < -0.39 is 5.97 Å². The van der Waals surface area contributed by atoms with Crippen LogP contribution in [0.25, 0.3) is 23.2 Å². The number of carboxylic acids is 1. The normalized spacial score (nSPS) is 11.3. The largest absolute Gasteiger partial charge is 0.478 e. The van der Waals surface area contributed by atoms with Gasteiger partial charge in [-0.15, -0.1) is 0 Å². The zero-order valence-electron chi connectivity index (χ0n) is 11.5. The molecule has 4 nitrogen and oxygen atoms in total. The number of hydrogen-bond acceptors (Lipinski definition) is 2. The third-order valence-electron chi connectivity index (χ3n) is 3.40. The van der Waals surface area contributed by atoms with Gasteiger partial charge in [-0.2, -0.15) is 0 Å². The van der Waals surface area contributed by atoms with Gasteiger partial charge in [-0.25, -0.2) is 9.78 Å². The zero-order chi connectivity index (χ0) is 14.8. The number of aryl methyl sites for hydroxylation is 1. The maximum atomic E-state index is 10.8. The average Bonchev–Trinajstić information content (AvgIpc) is 2.82. The van der Waals surface area contributed by atoms with Gasteiger partial charge in [0.05, 0.1) is 16.6 Å². The van der Waals surface area contributed by atoms with Gasteiger partial charge in [0.1, 0.15) is 5.82 Å². The number of carboxylic acid groups (broad SMARTS) is 1. The summed E-state index contributed by atoms with van der Waals surface area (Å²) in [6, 6.07) is 14.7. The van der Waals surface area contributed by atoms with Crippen molar-refractivity contribution in [3.63, 3.8) is 0 Å². The maximum Gasteiger partial charge on any atom is 0.335 e. The van der Waals surface area contributed by atoms with Crippen LogP contribution >= 0.6 is 0 Å². The first-order chi connectivity index (χ1) is 10.1. The number of nitrogens with zero attached hydrogens (tertiary/aromatic N) is 2. The van der Waals surface area contributed by atoms with Crippen molar-refractivity contribution >= 4 is 29.2 Å². The Balaban J connectivity index is 1.90. The van der Waals surface area contributed by atoms with Gasteiger partial charge in [-0.3, -0.25) is 0 Å². The lowest BCUT2D eigenvalue weighted by atomic mass is 10.1. The molecule has 0 saturated heterocycles. The van der Waals surface area contributed by atoms with Gasteiger partial charge in [0, 0.05) is 7.05 Å². The Kier molecular flexibility index (Phi) is 3.28. The van der Waals surface area contributed by atoms with E-state index >= 15 is 0 Å². The fraction of sp³-hybridized carbons (Fsp3) is 0.0588. The Morgan fingerprint density at radius 2 is 1.81 bits per heavy atom. The molecular weight excluding hydrogens is 264 g/mol.